The van der Waals surface area contributed by atoms with Gasteiger partial charge in [0, 0.05) is 19.3 Å². The van der Waals surface area contributed by atoms with Gasteiger partial charge in [0.05, 0.1) is 0 Å². The number of esters is 3. The second-order valence-electron chi connectivity index (χ2n) is 20.9. The van der Waals surface area contributed by atoms with Crippen LogP contribution >= 0.6 is 0 Å². The Kier molecular flexibility index (Phi) is 57.7. The van der Waals surface area contributed by atoms with Crippen molar-refractivity contribution in [2.24, 2.45) is 0 Å². The van der Waals surface area contributed by atoms with Crippen molar-refractivity contribution >= 4 is 17.9 Å². The van der Waals surface area contributed by atoms with Gasteiger partial charge in [-0.1, -0.05) is 281 Å². The Morgan fingerprint density at radius 1 is 0.296 bits per heavy atom. The van der Waals surface area contributed by atoms with Gasteiger partial charge in [0.2, 0.25) is 0 Å². The third kappa shape index (κ3) is 58.1. The van der Waals surface area contributed by atoms with E-state index < -0.39 is 6.10 Å². The molecule has 414 valence electrons. The summed E-state index contributed by atoms with van der Waals surface area (Å²) in [6.07, 6.45) is 74.0. The zero-order valence-electron chi connectivity index (χ0n) is 47.5. The lowest BCUT2D eigenvalue weighted by atomic mass is 10.0. The molecule has 0 aliphatic heterocycles. The van der Waals surface area contributed by atoms with Gasteiger partial charge in [-0.05, 0) is 77.0 Å². The standard InChI is InChI=1S/C65H118O6/c1-4-7-10-13-16-19-22-25-28-30-32-33-35-37-40-43-46-49-52-55-58-64(67)70-61-62(60-69-63(66)57-54-51-48-45-42-39-36-27-24-21-18-15-12-9-6-3)71-65(68)59-56-53-50-47-44-41-38-34-31-29-26-23-20-17-14-11-8-5-2/h9,12,18,21,27,29,31,36,62H,4-8,10-11,13-17,19-20,22-26,28,30,32-35,37-61H2,1-3H3/b12-9-,21-18-,31-29-,36-27-. The number of carbonyl (C=O) groups is 3. The number of allylic oxidation sites excluding steroid dienone is 8. The average molecular weight is 996 g/mol. The number of hydrogen-bond donors (Lipinski definition) is 0. The highest BCUT2D eigenvalue weighted by Crippen LogP contribution is 2.17. The largest absolute Gasteiger partial charge is 0.462 e. The molecule has 1 unspecified atom stereocenters. The second-order valence-corrected chi connectivity index (χ2v) is 20.9. The predicted octanol–water partition coefficient (Wildman–Crippen LogP) is 21.0. The fraction of sp³-hybridized carbons (Fsp3) is 0.831. The first kappa shape index (κ1) is 68.4. The summed E-state index contributed by atoms with van der Waals surface area (Å²) in [7, 11) is 0. The van der Waals surface area contributed by atoms with Crippen LogP contribution in [0.5, 0.6) is 0 Å². The summed E-state index contributed by atoms with van der Waals surface area (Å²) in [6, 6.07) is 0. The van der Waals surface area contributed by atoms with Crippen LogP contribution in [0.2, 0.25) is 0 Å². The molecule has 0 fully saturated rings. The van der Waals surface area contributed by atoms with Crippen molar-refractivity contribution < 1.29 is 28.6 Å². The van der Waals surface area contributed by atoms with Crippen LogP contribution in [0, 0.1) is 0 Å². The van der Waals surface area contributed by atoms with Gasteiger partial charge in [0.25, 0.3) is 0 Å². The minimum absolute atomic E-state index is 0.0770. The van der Waals surface area contributed by atoms with E-state index in [1.54, 1.807) is 0 Å². The minimum atomic E-state index is -0.781. The van der Waals surface area contributed by atoms with Gasteiger partial charge >= 0.3 is 17.9 Å². The summed E-state index contributed by atoms with van der Waals surface area (Å²) in [5, 5.41) is 0. The van der Waals surface area contributed by atoms with E-state index in [9.17, 15) is 14.4 Å². The summed E-state index contributed by atoms with van der Waals surface area (Å²) in [5.74, 6) is -0.880. The van der Waals surface area contributed by atoms with Crippen LogP contribution < -0.4 is 0 Å². The van der Waals surface area contributed by atoms with Crippen molar-refractivity contribution in [1.82, 2.24) is 0 Å². The Bertz CT molecular complexity index is 1230. The molecule has 0 aliphatic carbocycles. The monoisotopic (exact) mass is 995 g/mol. The molecule has 6 heteroatoms. The molecule has 0 N–H and O–H groups in total. The number of hydrogen-bond acceptors (Lipinski definition) is 6. The first-order chi connectivity index (χ1) is 35.0. The molecule has 0 rings (SSSR count). The van der Waals surface area contributed by atoms with Gasteiger partial charge in [-0.15, -0.1) is 0 Å². The summed E-state index contributed by atoms with van der Waals surface area (Å²) >= 11 is 0. The molecule has 6 nitrogen and oxygen atoms in total. The Hall–Kier alpha value is -2.63. The van der Waals surface area contributed by atoms with Gasteiger partial charge in [-0.25, -0.2) is 0 Å². The molecule has 0 spiro atoms. The van der Waals surface area contributed by atoms with E-state index in [2.05, 4.69) is 69.4 Å². The summed E-state index contributed by atoms with van der Waals surface area (Å²) in [5.41, 5.74) is 0. The molecule has 71 heavy (non-hydrogen) atoms. The van der Waals surface area contributed by atoms with Crippen LogP contribution in [-0.4, -0.2) is 37.2 Å². The molecule has 0 saturated heterocycles. The van der Waals surface area contributed by atoms with Crippen molar-refractivity contribution in [3.63, 3.8) is 0 Å². The van der Waals surface area contributed by atoms with Crippen LogP contribution in [0.4, 0.5) is 0 Å². The predicted molar refractivity (Wildman–Crippen MR) is 307 cm³/mol. The fourth-order valence-corrected chi connectivity index (χ4v) is 9.16. The van der Waals surface area contributed by atoms with Crippen molar-refractivity contribution in [3.8, 4) is 0 Å². The van der Waals surface area contributed by atoms with E-state index in [0.29, 0.717) is 19.3 Å². The van der Waals surface area contributed by atoms with Gasteiger partial charge in [0.1, 0.15) is 13.2 Å². The maximum absolute atomic E-state index is 12.9. The lowest BCUT2D eigenvalue weighted by molar-refractivity contribution is -0.167. The van der Waals surface area contributed by atoms with Crippen LogP contribution in [0.1, 0.15) is 329 Å². The van der Waals surface area contributed by atoms with Gasteiger partial charge in [0.15, 0.2) is 6.10 Å². The maximum atomic E-state index is 12.9. The Morgan fingerprint density at radius 2 is 0.549 bits per heavy atom. The van der Waals surface area contributed by atoms with Gasteiger partial charge in [-0.2, -0.15) is 0 Å². The van der Waals surface area contributed by atoms with Crippen molar-refractivity contribution in [3.05, 3.63) is 48.6 Å². The maximum Gasteiger partial charge on any atom is 0.306 e. The van der Waals surface area contributed by atoms with Gasteiger partial charge in [-0.3, -0.25) is 14.4 Å². The zero-order valence-corrected chi connectivity index (χ0v) is 47.5. The van der Waals surface area contributed by atoms with Gasteiger partial charge < -0.3 is 14.2 Å². The molecule has 0 heterocycles. The Balaban J connectivity index is 4.34. The number of ether oxygens (including phenoxy) is 3. The normalized spacial score (nSPS) is 12.3. The number of rotatable bonds is 57. The highest BCUT2D eigenvalue weighted by molar-refractivity contribution is 5.71. The fourth-order valence-electron chi connectivity index (χ4n) is 9.16. The summed E-state index contributed by atoms with van der Waals surface area (Å²) in [4.78, 5) is 38.3. The summed E-state index contributed by atoms with van der Waals surface area (Å²) in [6.45, 7) is 6.56. The third-order valence-corrected chi connectivity index (χ3v) is 13.8. The van der Waals surface area contributed by atoms with E-state index in [-0.39, 0.29) is 31.1 Å². The molecule has 0 radical (unpaired) electrons. The summed E-state index contributed by atoms with van der Waals surface area (Å²) < 4.78 is 16.9. The molecule has 0 aromatic carbocycles. The molecule has 0 aromatic rings. The zero-order chi connectivity index (χ0) is 51.4. The van der Waals surface area contributed by atoms with E-state index in [4.69, 9.17) is 14.2 Å². The third-order valence-electron chi connectivity index (χ3n) is 13.8. The highest BCUT2D eigenvalue weighted by atomic mass is 16.6. The first-order valence-electron chi connectivity index (χ1n) is 31.1. The highest BCUT2D eigenvalue weighted by Gasteiger charge is 2.19. The first-order valence-corrected chi connectivity index (χ1v) is 31.1. The molecular weight excluding hydrogens is 877 g/mol. The van der Waals surface area contributed by atoms with Crippen LogP contribution in [-0.2, 0) is 28.6 Å². The molecule has 0 saturated carbocycles. The topological polar surface area (TPSA) is 78.9 Å². The van der Waals surface area contributed by atoms with Crippen LogP contribution in [0.15, 0.2) is 48.6 Å². The van der Waals surface area contributed by atoms with Crippen molar-refractivity contribution in [1.29, 1.82) is 0 Å². The molecule has 0 aliphatic rings. The lowest BCUT2D eigenvalue weighted by Crippen LogP contribution is -2.30. The molecule has 0 aromatic heterocycles. The number of unbranched alkanes of at least 4 members (excludes halogenated alkanes) is 38. The molecule has 0 amide bonds. The Morgan fingerprint density at radius 3 is 0.873 bits per heavy atom. The lowest BCUT2D eigenvalue weighted by Gasteiger charge is -2.18. The van der Waals surface area contributed by atoms with Crippen molar-refractivity contribution in [2.75, 3.05) is 13.2 Å². The van der Waals surface area contributed by atoms with E-state index in [1.807, 2.05) is 0 Å². The molecule has 0 bridgehead atoms. The van der Waals surface area contributed by atoms with Crippen LogP contribution in [0.3, 0.4) is 0 Å². The van der Waals surface area contributed by atoms with E-state index in [1.165, 1.54) is 193 Å². The average Bonchev–Trinajstić information content (AvgIpc) is 3.37. The quantitative estimate of drug-likeness (QED) is 0.0261. The number of carbonyl (C=O) groups excluding carboxylic acids is 3. The molecule has 1 atom stereocenters. The SMILES string of the molecule is CC/C=C\C/C=C\C/C=C\CCCCCCCC(=O)OCC(COC(=O)CCCCCCCCCCCCCCCCCCCCCC)OC(=O)CCCCCCCCC/C=C\CCCCCCCCC. The smallest absolute Gasteiger partial charge is 0.306 e. The Labute approximate surface area is 441 Å². The molecular formula is C65H118O6. The second kappa shape index (κ2) is 59.9. The van der Waals surface area contributed by atoms with E-state index >= 15 is 0 Å². The van der Waals surface area contributed by atoms with Crippen LogP contribution in [0.25, 0.3) is 0 Å². The van der Waals surface area contributed by atoms with E-state index in [0.717, 1.165) is 96.3 Å². The minimum Gasteiger partial charge on any atom is -0.462 e. The van der Waals surface area contributed by atoms with Crippen molar-refractivity contribution in [2.45, 2.75) is 335 Å².